The lowest BCUT2D eigenvalue weighted by Crippen LogP contribution is -2.37. The van der Waals surface area contributed by atoms with Gasteiger partial charge in [-0.2, -0.15) is 0 Å². The lowest BCUT2D eigenvalue weighted by atomic mass is 10.2. The Morgan fingerprint density at radius 2 is 2.00 bits per heavy atom. The molecule has 2 atom stereocenters. The molecule has 0 spiro atoms. The SMILES string of the molecule is O=C1CCCO[C@H]1O[C@H]1CCCCO1. The van der Waals surface area contributed by atoms with E-state index in [4.69, 9.17) is 14.2 Å². The molecule has 0 aromatic carbocycles. The molecule has 0 N–H and O–H groups in total. The zero-order valence-electron chi connectivity index (χ0n) is 8.24. The Labute approximate surface area is 83.5 Å². The van der Waals surface area contributed by atoms with Crippen LogP contribution in [0.2, 0.25) is 0 Å². The smallest absolute Gasteiger partial charge is 0.220 e. The molecule has 80 valence electrons. The summed E-state index contributed by atoms with van der Waals surface area (Å²) in [6.07, 6.45) is 3.52. The maximum Gasteiger partial charge on any atom is 0.220 e. The van der Waals surface area contributed by atoms with Crippen LogP contribution in [0.3, 0.4) is 0 Å². The van der Waals surface area contributed by atoms with Crippen molar-refractivity contribution >= 4 is 5.78 Å². The van der Waals surface area contributed by atoms with Crippen LogP contribution in [0.15, 0.2) is 0 Å². The molecular weight excluding hydrogens is 184 g/mol. The fourth-order valence-corrected chi connectivity index (χ4v) is 1.72. The van der Waals surface area contributed by atoms with Crippen molar-refractivity contribution in [3.05, 3.63) is 0 Å². The molecule has 4 heteroatoms. The quantitative estimate of drug-likeness (QED) is 0.672. The lowest BCUT2D eigenvalue weighted by molar-refractivity contribution is -0.253. The summed E-state index contributed by atoms with van der Waals surface area (Å²) in [4.78, 5) is 11.4. The second kappa shape index (κ2) is 4.87. The van der Waals surface area contributed by atoms with Crippen LogP contribution >= 0.6 is 0 Å². The molecule has 2 aliphatic rings. The van der Waals surface area contributed by atoms with Crippen LogP contribution in [-0.4, -0.2) is 31.6 Å². The highest BCUT2D eigenvalue weighted by molar-refractivity contribution is 5.82. The molecular formula is C10H16O4. The molecule has 0 bridgehead atoms. The molecule has 0 saturated carbocycles. The molecule has 2 saturated heterocycles. The van der Waals surface area contributed by atoms with E-state index < -0.39 is 6.29 Å². The van der Waals surface area contributed by atoms with Gasteiger partial charge in [0.15, 0.2) is 12.1 Å². The van der Waals surface area contributed by atoms with Gasteiger partial charge in [-0.25, -0.2) is 0 Å². The van der Waals surface area contributed by atoms with E-state index in [0.29, 0.717) is 13.0 Å². The Hall–Kier alpha value is -0.450. The van der Waals surface area contributed by atoms with Gasteiger partial charge in [0.25, 0.3) is 0 Å². The van der Waals surface area contributed by atoms with E-state index in [9.17, 15) is 4.79 Å². The van der Waals surface area contributed by atoms with Crippen LogP contribution in [0.1, 0.15) is 32.1 Å². The molecule has 0 amide bonds. The summed E-state index contributed by atoms with van der Waals surface area (Å²) in [5.74, 6) is 0.0467. The first kappa shape index (κ1) is 10.1. The average molecular weight is 200 g/mol. The van der Waals surface area contributed by atoms with Crippen molar-refractivity contribution in [2.24, 2.45) is 0 Å². The predicted octanol–water partition coefficient (Wildman–Crippen LogP) is 1.24. The zero-order chi connectivity index (χ0) is 9.80. The molecule has 0 radical (unpaired) electrons. The van der Waals surface area contributed by atoms with E-state index in [2.05, 4.69) is 0 Å². The summed E-state index contributed by atoms with van der Waals surface area (Å²) in [5, 5.41) is 0. The van der Waals surface area contributed by atoms with Gasteiger partial charge < -0.3 is 14.2 Å². The Balaban J connectivity index is 1.79. The van der Waals surface area contributed by atoms with Crippen molar-refractivity contribution in [2.45, 2.75) is 44.7 Å². The summed E-state index contributed by atoms with van der Waals surface area (Å²) < 4.78 is 16.1. The van der Waals surface area contributed by atoms with Gasteiger partial charge in [-0.05, 0) is 25.7 Å². The van der Waals surface area contributed by atoms with Crippen molar-refractivity contribution in [3.8, 4) is 0 Å². The van der Waals surface area contributed by atoms with Crippen molar-refractivity contribution in [1.82, 2.24) is 0 Å². The minimum atomic E-state index is -0.674. The fourth-order valence-electron chi connectivity index (χ4n) is 1.72. The first-order valence-corrected chi connectivity index (χ1v) is 5.27. The number of hydrogen-bond donors (Lipinski definition) is 0. The van der Waals surface area contributed by atoms with E-state index >= 15 is 0 Å². The highest BCUT2D eigenvalue weighted by Gasteiger charge is 2.28. The zero-order valence-corrected chi connectivity index (χ0v) is 8.24. The third kappa shape index (κ3) is 2.53. The average Bonchev–Trinajstić information content (AvgIpc) is 2.23. The Morgan fingerprint density at radius 3 is 2.71 bits per heavy atom. The number of carbonyl (C=O) groups excluding carboxylic acids is 1. The summed E-state index contributed by atoms with van der Waals surface area (Å²) in [6, 6.07) is 0. The molecule has 2 heterocycles. The Kier molecular flexibility index (Phi) is 3.50. The molecule has 2 fully saturated rings. The normalized spacial score (nSPS) is 34.4. The number of hydrogen-bond acceptors (Lipinski definition) is 4. The van der Waals surface area contributed by atoms with E-state index in [-0.39, 0.29) is 12.1 Å². The lowest BCUT2D eigenvalue weighted by Gasteiger charge is -2.28. The van der Waals surface area contributed by atoms with Gasteiger partial charge in [0.05, 0.1) is 6.61 Å². The third-order valence-electron chi connectivity index (χ3n) is 2.51. The molecule has 0 aliphatic carbocycles. The summed E-state index contributed by atoms with van der Waals surface area (Å²) in [6.45, 7) is 1.34. The summed E-state index contributed by atoms with van der Waals surface area (Å²) in [5.41, 5.74) is 0. The Bertz CT molecular complexity index is 198. The van der Waals surface area contributed by atoms with Crippen molar-refractivity contribution in [3.63, 3.8) is 0 Å². The van der Waals surface area contributed by atoms with Gasteiger partial charge in [0.1, 0.15) is 0 Å². The van der Waals surface area contributed by atoms with E-state index in [1.807, 2.05) is 0 Å². The maximum absolute atomic E-state index is 11.4. The number of ketones is 1. The molecule has 14 heavy (non-hydrogen) atoms. The van der Waals surface area contributed by atoms with Gasteiger partial charge in [0, 0.05) is 13.0 Å². The second-order valence-corrected chi connectivity index (χ2v) is 3.70. The number of rotatable bonds is 2. The molecule has 0 unspecified atom stereocenters. The fraction of sp³-hybridized carbons (Fsp3) is 0.900. The predicted molar refractivity (Wildman–Crippen MR) is 48.7 cm³/mol. The topological polar surface area (TPSA) is 44.8 Å². The van der Waals surface area contributed by atoms with Crippen LogP contribution in [0, 0.1) is 0 Å². The van der Waals surface area contributed by atoms with Crippen molar-refractivity contribution < 1.29 is 19.0 Å². The van der Waals surface area contributed by atoms with Crippen LogP contribution in [0.25, 0.3) is 0 Å². The number of ether oxygens (including phenoxy) is 3. The van der Waals surface area contributed by atoms with Gasteiger partial charge in [0.2, 0.25) is 6.29 Å². The van der Waals surface area contributed by atoms with Crippen LogP contribution < -0.4 is 0 Å². The van der Waals surface area contributed by atoms with E-state index in [0.717, 1.165) is 32.3 Å². The van der Waals surface area contributed by atoms with Gasteiger partial charge in [-0.15, -0.1) is 0 Å². The number of Topliss-reactive ketones (excluding diaryl/α,β-unsaturated/α-hetero) is 1. The third-order valence-corrected chi connectivity index (χ3v) is 2.51. The highest BCUT2D eigenvalue weighted by atomic mass is 16.8. The van der Waals surface area contributed by atoms with Gasteiger partial charge in [-0.3, -0.25) is 4.79 Å². The molecule has 2 rings (SSSR count). The minimum absolute atomic E-state index is 0.0467. The van der Waals surface area contributed by atoms with Crippen LogP contribution in [0.4, 0.5) is 0 Å². The van der Waals surface area contributed by atoms with E-state index in [1.165, 1.54) is 0 Å². The Morgan fingerprint density at radius 1 is 1.14 bits per heavy atom. The van der Waals surface area contributed by atoms with Crippen molar-refractivity contribution in [1.29, 1.82) is 0 Å². The minimum Gasteiger partial charge on any atom is -0.353 e. The van der Waals surface area contributed by atoms with Crippen LogP contribution in [0.5, 0.6) is 0 Å². The van der Waals surface area contributed by atoms with Crippen molar-refractivity contribution in [2.75, 3.05) is 13.2 Å². The first-order valence-electron chi connectivity index (χ1n) is 5.27. The maximum atomic E-state index is 11.4. The van der Waals surface area contributed by atoms with E-state index in [1.54, 1.807) is 0 Å². The van der Waals surface area contributed by atoms with Crippen LogP contribution in [-0.2, 0) is 19.0 Å². The summed E-state index contributed by atoms with van der Waals surface area (Å²) >= 11 is 0. The van der Waals surface area contributed by atoms with Gasteiger partial charge in [-0.1, -0.05) is 0 Å². The second-order valence-electron chi connectivity index (χ2n) is 3.70. The summed E-state index contributed by atoms with van der Waals surface area (Å²) in [7, 11) is 0. The standard InChI is InChI=1S/C10H16O4/c11-8-4-3-7-13-10(8)14-9-5-1-2-6-12-9/h9-10H,1-7H2/t9-,10-/m0/s1. The van der Waals surface area contributed by atoms with Gasteiger partial charge >= 0.3 is 0 Å². The molecule has 0 aromatic rings. The highest BCUT2D eigenvalue weighted by Crippen LogP contribution is 2.18. The molecule has 4 nitrogen and oxygen atoms in total. The number of carbonyl (C=O) groups is 1. The molecule has 0 aromatic heterocycles. The largest absolute Gasteiger partial charge is 0.353 e. The monoisotopic (exact) mass is 200 g/mol. The molecule has 2 aliphatic heterocycles. The first-order chi connectivity index (χ1) is 6.86.